The molecule has 2 aliphatic rings. The molecule has 0 amide bonds. The molecular formula is C16H20N4O. The normalized spacial score (nSPS) is 28.5. The first-order valence-electron chi connectivity index (χ1n) is 7.87. The second-order valence-corrected chi connectivity index (χ2v) is 6.15. The molecule has 2 aromatic rings. The summed E-state index contributed by atoms with van der Waals surface area (Å²) >= 11 is 0. The fourth-order valence-electron chi connectivity index (χ4n) is 3.66. The van der Waals surface area contributed by atoms with Crippen LogP contribution in [0.3, 0.4) is 0 Å². The average Bonchev–Trinajstić information content (AvgIpc) is 3.14. The summed E-state index contributed by atoms with van der Waals surface area (Å²) in [7, 11) is 0. The summed E-state index contributed by atoms with van der Waals surface area (Å²) in [6.07, 6.45) is 8.89. The standard InChI is InChI=1S/C16H20N4O/c1-2-7-13-11(5-1)9-14(18-13)16-19-15(20-21-16)10-12-6-3-4-8-17-12/h3-4,6,8,11,13-14,18H,1-2,5,7,9-10H2. The Morgan fingerprint density at radius 1 is 1.24 bits per heavy atom. The highest BCUT2D eigenvalue weighted by atomic mass is 16.5. The first-order valence-corrected chi connectivity index (χ1v) is 7.87. The second-order valence-electron chi connectivity index (χ2n) is 6.15. The van der Waals surface area contributed by atoms with Crippen LogP contribution in [0.2, 0.25) is 0 Å². The number of rotatable bonds is 3. The maximum atomic E-state index is 5.48. The third kappa shape index (κ3) is 2.70. The zero-order chi connectivity index (χ0) is 14.1. The zero-order valence-corrected chi connectivity index (χ0v) is 12.0. The molecule has 21 heavy (non-hydrogen) atoms. The zero-order valence-electron chi connectivity index (χ0n) is 12.0. The van der Waals surface area contributed by atoms with E-state index in [1.807, 2.05) is 18.2 Å². The molecule has 2 aromatic heterocycles. The summed E-state index contributed by atoms with van der Waals surface area (Å²) in [5.74, 6) is 2.26. The molecule has 3 unspecified atom stereocenters. The van der Waals surface area contributed by atoms with Crippen molar-refractivity contribution in [3.8, 4) is 0 Å². The van der Waals surface area contributed by atoms with E-state index in [1.54, 1.807) is 6.20 Å². The molecule has 0 spiro atoms. The van der Waals surface area contributed by atoms with Crippen molar-refractivity contribution in [1.29, 1.82) is 0 Å². The fraction of sp³-hybridized carbons (Fsp3) is 0.562. The van der Waals surface area contributed by atoms with Crippen LogP contribution in [0.25, 0.3) is 0 Å². The van der Waals surface area contributed by atoms with Gasteiger partial charge in [-0.3, -0.25) is 4.98 Å². The lowest BCUT2D eigenvalue weighted by Gasteiger charge is -2.24. The van der Waals surface area contributed by atoms with Gasteiger partial charge >= 0.3 is 0 Å². The van der Waals surface area contributed by atoms with E-state index in [0.717, 1.165) is 29.7 Å². The lowest BCUT2D eigenvalue weighted by atomic mass is 9.85. The quantitative estimate of drug-likeness (QED) is 0.938. The van der Waals surface area contributed by atoms with Gasteiger partial charge in [-0.05, 0) is 37.3 Å². The number of nitrogens with one attached hydrogen (secondary N) is 1. The first-order chi connectivity index (χ1) is 10.4. The van der Waals surface area contributed by atoms with Gasteiger partial charge in [0.25, 0.3) is 0 Å². The average molecular weight is 284 g/mol. The highest BCUT2D eigenvalue weighted by molar-refractivity contribution is 5.10. The molecule has 1 aliphatic carbocycles. The summed E-state index contributed by atoms with van der Waals surface area (Å²) in [5.41, 5.74) is 0.970. The molecular weight excluding hydrogens is 264 g/mol. The third-order valence-corrected chi connectivity index (χ3v) is 4.71. The van der Waals surface area contributed by atoms with Crippen LogP contribution in [0, 0.1) is 5.92 Å². The van der Waals surface area contributed by atoms with E-state index in [2.05, 4.69) is 20.4 Å². The molecule has 0 radical (unpaired) electrons. The van der Waals surface area contributed by atoms with E-state index in [4.69, 9.17) is 4.52 Å². The highest BCUT2D eigenvalue weighted by Crippen LogP contribution is 2.38. The molecule has 0 aromatic carbocycles. The number of hydrogen-bond donors (Lipinski definition) is 1. The molecule has 1 saturated carbocycles. The Morgan fingerprint density at radius 3 is 3.05 bits per heavy atom. The summed E-state index contributed by atoms with van der Waals surface area (Å²) in [5, 5.41) is 7.78. The minimum atomic E-state index is 0.239. The van der Waals surface area contributed by atoms with Gasteiger partial charge < -0.3 is 9.84 Å². The van der Waals surface area contributed by atoms with E-state index in [9.17, 15) is 0 Å². The van der Waals surface area contributed by atoms with Gasteiger partial charge in [-0.15, -0.1) is 0 Å². The van der Waals surface area contributed by atoms with E-state index in [0.29, 0.717) is 12.5 Å². The maximum absolute atomic E-state index is 5.48. The summed E-state index contributed by atoms with van der Waals surface area (Å²) in [4.78, 5) is 8.87. The van der Waals surface area contributed by atoms with Crippen LogP contribution < -0.4 is 5.32 Å². The summed E-state index contributed by atoms with van der Waals surface area (Å²) in [6.45, 7) is 0. The monoisotopic (exact) mass is 284 g/mol. The SMILES string of the molecule is c1ccc(Cc2noc(C3CC4CCCCC4N3)n2)nc1. The Kier molecular flexibility index (Phi) is 3.43. The predicted octanol–water partition coefficient (Wildman–Crippen LogP) is 2.65. The van der Waals surface area contributed by atoms with E-state index >= 15 is 0 Å². The van der Waals surface area contributed by atoms with Crippen molar-refractivity contribution < 1.29 is 4.52 Å². The fourth-order valence-corrected chi connectivity index (χ4v) is 3.66. The van der Waals surface area contributed by atoms with Gasteiger partial charge in [-0.25, -0.2) is 0 Å². The Labute approximate surface area is 124 Å². The molecule has 0 bridgehead atoms. The minimum Gasteiger partial charge on any atom is -0.338 e. The summed E-state index contributed by atoms with van der Waals surface area (Å²) in [6, 6.07) is 6.76. The van der Waals surface area contributed by atoms with Crippen molar-refractivity contribution in [3.63, 3.8) is 0 Å². The number of nitrogens with zero attached hydrogens (tertiary/aromatic N) is 3. The highest BCUT2D eigenvalue weighted by Gasteiger charge is 2.38. The molecule has 110 valence electrons. The molecule has 3 heterocycles. The van der Waals surface area contributed by atoms with Crippen molar-refractivity contribution in [2.75, 3.05) is 0 Å². The number of pyridine rings is 1. The van der Waals surface area contributed by atoms with Crippen LogP contribution in [0.4, 0.5) is 0 Å². The van der Waals surface area contributed by atoms with Crippen LogP contribution in [0.15, 0.2) is 28.9 Å². The summed E-state index contributed by atoms with van der Waals surface area (Å²) < 4.78 is 5.48. The largest absolute Gasteiger partial charge is 0.338 e. The first kappa shape index (κ1) is 13.0. The van der Waals surface area contributed by atoms with Crippen LogP contribution >= 0.6 is 0 Å². The van der Waals surface area contributed by atoms with Gasteiger partial charge in [-0.1, -0.05) is 24.1 Å². The lowest BCUT2D eigenvalue weighted by Crippen LogP contribution is -2.30. The minimum absolute atomic E-state index is 0.239. The van der Waals surface area contributed by atoms with Crippen LogP contribution in [0.5, 0.6) is 0 Å². The molecule has 2 fully saturated rings. The second kappa shape index (κ2) is 5.56. The van der Waals surface area contributed by atoms with E-state index in [1.165, 1.54) is 25.7 Å². The van der Waals surface area contributed by atoms with Crippen molar-refractivity contribution in [2.24, 2.45) is 5.92 Å². The van der Waals surface area contributed by atoms with Crippen molar-refractivity contribution in [2.45, 2.75) is 50.6 Å². The van der Waals surface area contributed by atoms with Crippen LogP contribution in [0.1, 0.15) is 55.6 Å². The van der Waals surface area contributed by atoms with Crippen LogP contribution in [-0.2, 0) is 6.42 Å². The van der Waals surface area contributed by atoms with Crippen molar-refractivity contribution in [3.05, 3.63) is 41.8 Å². The van der Waals surface area contributed by atoms with Gasteiger partial charge in [0, 0.05) is 17.9 Å². The topological polar surface area (TPSA) is 63.8 Å². The maximum Gasteiger partial charge on any atom is 0.243 e. The van der Waals surface area contributed by atoms with Gasteiger partial charge in [0.05, 0.1) is 12.5 Å². The predicted molar refractivity (Wildman–Crippen MR) is 77.6 cm³/mol. The van der Waals surface area contributed by atoms with Gasteiger partial charge in [0.15, 0.2) is 5.82 Å². The van der Waals surface area contributed by atoms with E-state index in [-0.39, 0.29) is 6.04 Å². The number of aromatic nitrogens is 3. The Morgan fingerprint density at radius 2 is 2.19 bits per heavy atom. The molecule has 5 nitrogen and oxygen atoms in total. The Bertz CT molecular complexity index is 583. The van der Waals surface area contributed by atoms with Gasteiger partial charge in [0.2, 0.25) is 5.89 Å². The number of hydrogen-bond acceptors (Lipinski definition) is 5. The number of fused-ring (bicyclic) bond motifs is 1. The van der Waals surface area contributed by atoms with Gasteiger partial charge in [-0.2, -0.15) is 4.98 Å². The lowest BCUT2D eigenvalue weighted by molar-refractivity contribution is 0.324. The van der Waals surface area contributed by atoms with E-state index < -0.39 is 0 Å². The van der Waals surface area contributed by atoms with Crippen LogP contribution in [-0.4, -0.2) is 21.2 Å². The molecule has 1 aliphatic heterocycles. The molecule has 5 heteroatoms. The van der Waals surface area contributed by atoms with Crippen molar-refractivity contribution >= 4 is 0 Å². The Hall–Kier alpha value is -1.75. The Balaban J connectivity index is 1.45. The molecule has 1 saturated heterocycles. The molecule has 3 atom stereocenters. The molecule has 4 rings (SSSR count). The van der Waals surface area contributed by atoms with Gasteiger partial charge in [0.1, 0.15) is 0 Å². The third-order valence-electron chi connectivity index (χ3n) is 4.71. The van der Waals surface area contributed by atoms with Crippen molar-refractivity contribution in [1.82, 2.24) is 20.4 Å². The smallest absolute Gasteiger partial charge is 0.243 e. The molecule has 1 N–H and O–H groups in total.